The van der Waals surface area contributed by atoms with E-state index in [1.54, 1.807) is 6.92 Å². The van der Waals surface area contributed by atoms with Crippen LogP contribution in [0, 0.1) is 11.7 Å². The lowest BCUT2D eigenvalue weighted by molar-refractivity contribution is 0.173. The van der Waals surface area contributed by atoms with Gasteiger partial charge in [-0.25, -0.2) is 17.9 Å². The summed E-state index contributed by atoms with van der Waals surface area (Å²) in [6.07, 6.45) is 1.40. The summed E-state index contributed by atoms with van der Waals surface area (Å²) in [5.74, 6) is -0.709. The van der Waals surface area contributed by atoms with Crippen molar-refractivity contribution in [3.8, 4) is 22.6 Å². The molecule has 2 aromatic carbocycles. The normalized spacial score (nSPS) is 12.5. The van der Waals surface area contributed by atoms with Crippen molar-refractivity contribution in [2.75, 3.05) is 13.2 Å². The minimum Gasteiger partial charge on any atom is -0.487 e. The van der Waals surface area contributed by atoms with Crippen molar-refractivity contribution in [3.63, 3.8) is 0 Å². The maximum Gasteiger partial charge on any atom is 0.314 e. The molecule has 1 unspecified atom stereocenters. The van der Waals surface area contributed by atoms with E-state index >= 15 is 0 Å². The van der Waals surface area contributed by atoms with Crippen LogP contribution in [0.25, 0.3) is 16.8 Å². The molecular formula is C20H20FN3O5S. The Bertz CT molecular complexity index is 1190. The van der Waals surface area contributed by atoms with Crippen molar-refractivity contribution in [2.45, 2.75) is 11.8 Å². The van der Waals surface area contributed by atoms with Crippen LogP contribution in [0.2, 0.25) is 0 Å². The highest BCUT2D eigenvalue weighted by atomic mass is 32.2. The second kappa shape index (κ2) is 8.74. The first kappa shape index (κ1) is 21.6. The third kappa shape index (κ3) is 4.73. The minimum atomic E-state index is -3.86. The highest BCUT2D eigenvalue weighted by Crippen LogP contribution is 2.28. The molecule has 3 rings (SSSR count). The van der Waals surface area contributed by atoms with E-state index in [1.165, 1.54) is 54.7 Å². The number of primary sulfonamides is 1. The SMILES string of the molecule is CC(CO)COc1c(-c2ccc(S(N)(=O)=O)cc2)cnn(-c2ccc(F)cc2)c1=O. The Hall–Kier alpha value is -3.08. The number of nitrogens with two attached hydrogens (primary N) is 1. The van der Waals surface area contributed by atoms with Crippen molar-refractivity contribution in [2.24, 2.45) is 11.1 Å². The zero-order chi connectivity index (χ0) is 21.9. The number of hydrogen-bond acceptors (Lipinski definition) is 6. The number of aromatic nitrogens is 2. The lowest BCUT2D eigenvalue weighted by atomic mass is 10.1. The summed E-state index contributed by atoms with van der Waals surface area (Å²) in [6.45, 7) is 1.69. The van der Waals surface area contributed by atoms with E-state index in [0.717, 1.165) is 4.68 Å². The van der Waals surface area contributed by atoms with Crippen molar-refractivity contribution >= 4 is 10.0 Å². The number of nitrogens with zero attached hydrogens (tertiary/aromatic N) is 2. The Morgan fingerprint density at radius 2 is 1.80 bits per heavy atom. The third-order valence-electron chi connectivity index (χ3n) is 4.32. The van der Waals surface area contributed by atoms with E-state index in [1.807, 2.05) is 0 Å². The summed E-state index contributed by atoms with van der Waals surface area (Å²) < 4.78 is 43.0. The summed E-state index contributed by atoms with van der Waals surface area (Å²) in [7, 11) is -3.86. The molecule has 3 aromatic rings. The van der Waals surface area contributed by atoms with E-state index in [-0.39, 0.29) is 29.8 Å². The number of rotatable bonds is 7. The fourth-order valence-electron chi connectivity index (χ4n) is 2.65. The second-order valence-corrected chi connectivity index (χ2v) is 8.31. The van der Waals surface area contributed by atoms with E-state index in [4.69, 9.17) is 9.88 Å². The first-order valence-electron chi connectivity index (χ1n) is 8.96. The van der Waals surface area contributed by atoms with Gasteiger partial charge in [0.1, 0.15) is 5.82 Å². The quantitative estimate of drug-likeness (QED) is 0.584. The highest BCUT2D eigenvalue weighted by molar-refractivity contribution is 7.89. The number of hydrogen-bond donors (Lipinski definition) is 2. The molecule has 10 heteroatoms. The van der Waals surface area contributed by atoms with Gasteiger partial charge in [0.15, 0.2) is 5.75 Å². The Morgan fingerprint density at radius 3 is 2.37 bits per heavy atom. The molecule has 0 radical (unpaired) electrons. The molecule has 1 aromatic heterocycles. The van der Waals surface area contributed by atoms with Gasteiger partial charge in [0, 0.05) is 18.1 Å². The molecule has 1 heterocycles. The van der Waals surface area contributed by atoms with Gasteiger partial charge in [-0.15, -0.1) is 0 Å². The molecule has 0 bridgehead atoms. The van der Waals surface area contributed by atoms with E-state index in [0.29, 0.717) is 16.8 Å². The summed E-state index contributed by atoms with van der Waals surface area (Å²) in [5.41, 5.74) is 0.590. The fourth-order valence-corrected chi connectivity index (χ4v) is 3.17. The molecule has 158 valence electrons. The molecule has 3 N–H and O–H groups in total. The Kier molecular flexibility index (Phi) is 6.30. The van der Waals surface area contributed by atoms with Crippen molar-refractivity contribution in [3.05, 3.63) is 70.9 Å². The summed E-state index contributed by atoms with van der Waals surface area (Å²) in [4.78, 5) is 13.0. The Labute approximate surface area is 172 Å². The average Bonchev–Trinajstić information content (AvgIpc) is 2.72. The molecule has 0 fully saturated rings. The molecule has 0 amide bonds. The summed E-state index contributed by atoms with van der Waals surface area (Å²) >= 11 is 0. The smallest absolute Gasteiger partial charge is 0.314 e. The van der Waals surface area contributed by atoms with Gasteiger partial charge in [-0.3, -0.25) is 4.79 Å². The monoisotopic (exact) mass is 433 g/mol. The zero-order valence-electron chi connectivity index (χ0n) is 16.0. The molecular weight excluding hydrogens is 413 g/mol. The molecule has 0 saturated heterocycles. The maximum absolute atomic E-state index is 13.2. The molecule has 0 aliphatic rings. The Morgan fingerprint density at radius 1 is 1.17 bits per heavy atom. The van der Waals surface area contributed by atoms with Gasteiger partial charge in [-0.2, -0.15) is 9.78 Å². The van der Waals surface area contributed by atoms with Crippen LogP contribution >= 0.6 is 0 Å². The van der Waals surface area contributed by atoms with Crippen LogP contribution in [-0.4, -0.2) is 36.5 Å². The fraction of sp³-hybridized carbons (Fsp3) is 0.200. The van der Waals surface area contributed by atoms with E-state index in [9.17, 15) is 22.7 Å². The van der Waals surface area contributed by atoms with Crippen LogP contribution in [0.1, 0.15) is 6.92 Å². The number of sulfonamides is 1. The Balaban J connectivity index is 2.11. The molecule has 8 nitrogen and oxygen atoms in total. The zero-order valence-corrected chi connectivity index (χ0v) is 16.8. The highest BCUT2D eigenvalue weighted by Gasteiger charge is 2.18. The first-order valence-corrected chi connectivity index (χ1v) is 10.5. The molecule has 0 spiro atoms. The molecule has 0 saturated carbocycles. The lowest BCUT2D eigenvalue weighted by Gasteiger charge is -2.15. The second-order valence-electron chi connectivity index (χ2n) is 6.75. The first-order chi connectivity index (χ1) is 14.2. The van der Waals surface area contributed by atoms with Crippen molar-refractivity contribution in [1.82, 2.24) is 9.78 Å². The van der Waals surface area contributed by atoms with Gasteiger partial charge in [0.25, 0.3) is 0 Å². The van der Waals surface area contributed by atoms with Gasteiger partial charge in [-0.05, 0) is 42.0 Å². The van der Waals surface area contributed by atoms with Crippen LogP contribution in [0.5, 0.6) is 5.75 Å². The molecule has 0 aliphatic heterocycles. The van der Waals surface area contributed by atoms with E-state index in [2.05, 4.69) is 5.10 Å². The standard InChI is InChI=1S/C20H20FN3O5S/c1-13(11-25)12-29-19-18(14-2-8-17(9-3-14)30(22,27)28)10-23-24(20(19)26)16-6-4-15(21)5-7-16/h2-10,13,25H,11-12H2,1H3,(H2,22,27,28). The lowest BCUT2D eigenvalue weighted by Crippen LogP contribution is -2.25. The van der Waals surface area contributed by atoms with Gasteiger partial charge in [0.2, 0.25) is 10.0 Å². The van der Waals surface area contributed by atoms with E-state index < -0.39 is 21.4 Å². The van der Waals surface area contributed by atoms with Gasteiger partial charge >= 0.3 is 5.56 Å². The van der Waals surface area contributed by atoms with Gasteiger partial charge < -0.3 is 9.84 Å². The summed E-state index contributed by atoms with van der Waals surface area (Å²) in [6, 6.07) is 10.8. The summed E-state index contributed by atoms with van der Waals surface area (Å²) in [5, 5.41) is 18.5. The van der Waals surface area contributed by atoms with Crippen molar-refractivity contribution < 1.29 is 22.7 Å². The molecule has 1 atom stereocenters. The predicted molar refractivity (Wildman–Crippen MR) is 108 cm³/mol. The molecule has 0 aliphatic carbocycles. The van der Waals surface area contributed by atoms with Crippen LogP contribution in [-0.2, 0) is 10.0 Å². The topological polar surface area (TPSA) is 125 Å². The number of aliphatic hydroxyl groups excluding tert-OH is 1. The molecule has 30 heavy (non-hydrogen) atoms. The number of benzene rings is 2. The third-order valence-corrected chi connectivity index (χ3v) is 5.25. The van der Waals surface area contributed by atoms with Crippen LogP contribution < -0.4 is 15.4 Å². The van der Waals surface area contributed by atoms with Gasteiger partial charge in [0.05, 0.1) is 23.4 Å². The van der Waals surface area contributed by atoms with Gasteiger partial charge in [-0.1, -0.05) is 19.1 Å². The average molecular weight is 433 g/mol. The van der Waals surface area contributed by atoms with Crippen LogP contribution in [0.15, 0.2) is 64.4 Å². The van der Waals surface area contributed by atoms with Crippen LogP contribution in [0.3, 0.4) is 0 Å². The number of ether oxygens (including phenoxy) is 1. The minimum absolute atomic E-state index is 0.0296. The predicted octanol–water partition coefficient (Wildman–Crippen LogP) is 1.69. The number of halogens is 1. The largest absolute Gasteiger partial charge is 0.487 e. The number of aliphatic hydroxyl groups is 1. The maximum atomic E-state index is 13.2. The van der Waals surface area contributed by atoms with Crippen molar-refractivity contribution in [1.29, 1.82) is 0 Å². The van der Waals surface area contributed by atoms with Crippen LogP contribution in [0.4, 0.5) is 4.39 Å².